The van der Waals surface area contributed by atoms with Crippen LogP contribution in [0.5, 0.6) is 11.5 Å². The fourth-order valence-electron chi connectivity index (χ4n) is 4.75. The molecular weight excluding hydrogens is 516 g/mol. The predicted molar refractivity (Wildman–Crippen MR) is 156 cm³/mol. The molecule has 1 aromatic heterocycles. The molecule has 3 aromatic carbocycles. The summed E-state index contributed by atoms with van der Waals surface area (Å²) in [6.45, 7) is 2.76. The Morgan fingerprint density at radius 1 is 0.927 bits per heavy atom. The maximum atomic E-state index is 13.5. The number of hydrogen-bond acceptors (Lipinski definition) is 6. The standard InChI is InChI=1S/C34H30N2O5/c1-2-40-30-20-27(16-18-29(30)41-23-25-12-7-4-8-13-25)32-31(28(37)17-15-24-10-5-3-6-11-24)33(38)34(39)36(32)22-26-14-9-19-35-21-26/h3-21,32,38H,2,22-23H2,1H3/b17-15+. The third kappa shape index (κ3) is 6.36. The first-order chi connectivity index (χ1) is 20.0. The first kappa shape index (κ1) is 27.4. The van der Waals surface area contributed by atoms with Crippen molar-refractivity contribution in [3.05, 3.63) is 143 Å². The molecule has 0 radical (unpaired) electrons. The van der Waals surface area contributed by atoms with Crippen molar-refractivity contribution in [1.82, 2.24) is 9.88 Å². The maximum Gasteiger partial charge on any atom is 0.290 e. The number of aliphatic hydroxyl groups excluding tert-OH is 1. The zero-order valence-electron chi connectivity index (χ0n) is 22.6. The van der Waals surface area contributed by atoms with E-state index in [9.17, 15) is 14.7 Å². The summed E-state index contributed by atoms with van der Waals surface area (Å²) in [6, 6.07) is 27.3. The van der Waals surface area contributed by atoms with E-state index in [4.69, 9.17) is 9.47 Å². The van der Waals surface area contributed by atoms with Gasteiger partial charge in [-0.25, -0.2) is 0 Å². The number of nitrogens with zero attached hydrogens (tertiary/aromatic N) is 2. The molecule has 41 heavy (non-hydrogen) atoms. The Kier molecular flexibility index (Phi) is 8.55. The monoisotopic (exact) mass is 546 g/mol. The minimum atomic E-state index is -0.849. The van der Waals surface area contributed by atoms with Crippen LogP contribution < -0.4 is 9.47 Å². The summed E-state index contributed by atoms with van der Waals surface area (Å²) < 4.78 is 12.0. The molecule has 7 heteroatoms. The van der Waals surface area contributed by atoms with Crippen LogP contribution in [-0.2, 0) is 22.7 Å². The van der Waals surface area contributed by atoms with Crippen molar-refractivity contribution < 1.29 is 24.2 Å². The second kappa shape index (κ2) is 12.8. The fourth-order valence-corrected chi connectivity index (χ4v) is 4.75. The van der Waals surface area contributed by atoms with Gasteiger partial charge in [0.15, 0.2) is 23.0 Å². The molecule has 4 aromatic rings. The van der Waals surface area contributed by atoms with Gasteiger partial charge < -0.3 is 19.5 Å². The molecule has 2 heterocycles. The molecule has 1 N–H and O–H groups in total. The highest BCUT2D eigenvalue weighted by atomic mass is 16.5. The molecule has 5 rings (SSSR count). The van der Waals surface area contributed by atoms with Gasteiger partial charge in [-0.05, 0) is 53.5 Å². The lowest BCUT2D eigenvalue weighted by molar-refractivity contribution is -0.130. The number of carbonyl (C=O) groups excluding carboxylic acids is 2. The first-order valence-corrected chi connectivity index (χ1v) is 13.4. The van der Waals surface area contributed by atoms with E-state index >= 15 is 0 Å². The number of carbonyl (C=O) groups is 2. The maximum absolute atomic E-state index is 13.5. The number of ketones is 1. The van der Waals surface area contributed by atoms with Gasteiger partial charge in [0.05, 0.1) is 18.2 Å². The molecule has 0 saturated carbocycles. The minimum Gasteiger partial charge on any atom is -0.503 e. The molecule has 206 valence electrons. The van der Waals surface area contributed by atoms with Gasteiger partial charge in [-0.2, -0.15) is 0 Å². The molecule has 0 aliphatic carbocycles. The fraction of sp³-hybridized carbons (Fsp3) is 0.147. The lowest BCUT2D eigenvalue weighted by atomic mass is 9.95. The van der Waals surface area contributed by atoms with Gasteiger partial charge in [-0.1, -0.05) is 78.9 Å². The van der Waals surface area contributed by atoms with E-state index in [1.807, 2.05) is 73.7 Å². The van der Waals surface area contributed by atoms with E-state index in [2.05, 4.69) is 4.98 Å². The molecule has 0 fully saturated rings. The summed E-state index contributed by atoms with van der Waals surface area (Å²) in [5.74, 6) is -0.636. The zero-order chi connectivity index (χ0) is 28.6. The van der Waals surface area contributed by atoms with Crippen LogP contribution in [0.25, 0.3) is 6.08 Å². The highest BCUT2D eigenvalue weighted by Crippen LogP contribution is 2.42. The van der Waals surface area contributed by atoms with Crippen LogP contribution in [-0.4, -0.2) is 33.3 Å². The summed E-state index contributed by atoms with van der Waals surface area (Å²) >= 11 is 0. The number of allylic oxidation sites excluding steroid dienone is 1. The second-order valence-corrected chi connectivity index (χ2v) is 9.48. The van der Waals surface area contributed by atoms with Crippen molar-refractivity contribution in [2.75, 3.05) is 6.61 Å². The molecule has 0 saturated heterocycles. The Balaban J connectivity index is 1.51. The first-order valence-electron chi connectivity index (χ1n) is 13.4. The van der Waals surface area contributed by atoms with Crippen LogP contribution in [0, 0.1) is 0 Å². The summed E-state index contributed by atoms with van der Waals surface area (Å²) in [7, 11) is 0. The van der Waals surface area contributed by atoms with Crippen LogP contribution >= 0.6 is 0 Å². The van der Waals surface area contributed by atoms with E-state index in [0.29, 0.717) is 30.3 Å². The van der Waals surface area contributed by atoms with Crippen molar-refractivity contribution >= 4 is 17.8 Å². The Labute approximate surface area is 239 Å². The van der Waals surface area contributed by atoms with Crippen LogP contribution in [0.3, 0.4) is 0 Å². The SMILES string of the molecule is CCOc1cc(C2C(C(=O)/C=C/c3ccccc3)=C(O)C(=O)N2Cc2cccnc2)ccc1OCc1ccccc1. The zero-order valence-corrected chi connectivity index (χ0v) is 22.6. The van der Waals surface area contributed by atoms with Gasteiger partial charge in [-0.15, -0.1) is 0 Å². The summed E-state index contributed by atoms with van der Waals surface area (Å²) in [4.78, 5) is 32.6. The third-order valence-electron chi connectivity index (χ3n) is 6.69. The second-order valence-electron chi connectivity index (χ2n) is 9.48. The molecule has 0 spiro atoms. The minimum absolute atomic E-state index is 0.00599. The molecule has 1 unspecified atom stereocenters. The van der Waals surface area contributed by atoms with Gasteiger partial charge in [0.25, 0.3) is 5.91 Å². The molecule has 0 bridgehead atoms. The Bertz CT molecular complexity index is 1570. The lowest BCUT2D eigenvalue weighted by Gasteiger charge is -2.27. The van der Waals surface area contributed by atoms with Crippen molar-refractivity contribution in [1.29, 1.82) is 0 Å². The molecule has 1 amide bonds. The third-order valence-corrected chi connectivity index (χ3v) is 6.69. The largest absolute Gasteiger partial charge is 0.503 e. The van der Waals surface area contributed by atoms with Crippen molar-refractivity contribution in [3.63, 3.8) is 0 Å². The number of pyridine rings is 1. The molecule has 1 atom stereocenters. The van der Waals surface area contributed by atoms with E-state index in [-0.39, 0.29) is 12.1 Å². The highest BCUT2D eigenvalue weighted by molar-refractivity contribution is 6.14. The highest BCUT2D eigenvalue weighted by Gasteiger charge is 2.43. The van der Waals surface area contributed by atoms with Crippen LogP contribution in [0.2, 0.25) is 0 Å². The van der Waals surface area contributed by atoms with Gasteiger partial charge in [-0.3, -0.25) is 14.6 Å². The number of ether oxygens (including phenoxy) is 2. The molecule has 1 aliphatic heterocycles. The van der Waals surface area contributed by atoms with Crippen LogP contribution in [0.15, 0.2) is 121 Å². The summed E-state index contributed by atoms with van der Waals surface area (Å²) in [5.41, 5.74) is 3.21. The van der Waals surface area contributed by atoms with E-state index in [1.54, 1.807) is 42.7 Å². The van der Waals surface area contributed by atoms with E-state index in [0.717, 1.165) is 16.7 Å². The normalized spacial score (nSPS) is 15.0. The van der Waals surface area contributed by atoms with Gasteiger partial charge in [0.2, 0.25) is 0 Å². The van der Waals surface area contributed by atoms with Crippen LogP contribution in [0.1, 0.15) is 35.2 Å². The number of aromatic nitrogens is 1. The number of hydrogen-bond donors (Lipinski definition) is 1. The van der Waals surface area contributed by atoms with Gasteiger partial charge >= 0.3 is 0 Å². The average molecular weight is 547 g/mol. The Morgan fingerprint density at radius 2 is 1.66 bits per heavy atom. The number of amides is 1. The quantitative estimate of drug-likeness (QED) is 0.224. The molecular formula is C34H30N2O5. The Hall–Kier alpha value is -5.17. The summed E-state index contributed by atoms with van der Waals surface area (Å²) in [5, 5.41) is 11.0. The van der Waals surface area contributed by atoms with Crippen molar-refractivity contribution in [2.24, 2.45) is 0 Å². The number of aliphatic hydroxyl groups is 1. The number of rotatable bonds is 11. The average Bonchev–Trinajstić information content (AvgIpc) is 3.26. The Morgan fingerprint density at radius 3 is 2.37 bits per heavy atom. The molecule has 7 nitrogen and oxygen atoms in total. The van der Waals surface area contributed by atoms with E-state index in [1.165, 1.54) is 11.0 Å². The smallest absolute Gasteiger partial charge is 0.290 e. The summed E-state index contributed by atoms with van der Waals surface area (Å²) in [6.07, 6.45) is 6.35. The molecule has 1 aliphatic rings. The van der Waals surface area contributed by atoms with Gasteiger partial charge in [0.1, 0.15) is 6.61 Å². The van der Waals surface area contributed by atoms with E-state index < -0.39 is 23.5 Å². The van der Waals surface area contributed by atoms with Crippen molar-refractivity contribution in [3.8, 4) is 11.5 Å². The topological polar surface area (TPSA) is 89.0 Å². The van der Waals surface area contributed by atoms with Crippen molar-refractivity contribution in [2.45, 2.75) is 26.1 Å². The van der Waals surface area contributed by atoms with Crippen LogP contribution in [0.4, 0.5) is 0 Å². The van der Waals surface area contributed by atoms with Gasteiger partial charge in [0, 0.05) is 18.9 Å². The number of benzene rings is 3. The predicted octanol–water partition coefficient (Wildman–Crippen LogP) is 6.24. The lowest BCUT2D eigenvalue weighted by Crippen LogP contribution is -2.30.